The highest BCUT2D eigenvalue weighted by atomic mass is 35.5. The second-order valence-electron chi connectivity index (χ2n) is 7.59. The van der Waals surface area contributed by atoms with Gasteiger partial charge in [-0.15, -0.1) is 0 Å². The van der Waals surface area contributed by atoms with Gasteiger partial charge in [0.15, 0.2) is 5.78 Å². The molecule has 0 aromatic heterocycles. The smallest absolute Gasteiger partial charge is 0.326 e. The molecule has 4 nitrogen and oxygen atoms in total. The maximum Gasteiger partial charge on any atom is 0.326 e. The maximum atomic E-state index is 12.4. The number of benzene rings is 2. The Kier molecular flexibility index (Phi) is 9.15. The Labute approximate surface area is 213 Å². The van der Waals surface area contributed by atoms with Gasteiger partial charge in [0.2, 0.25) is 0 Å². The third-order valence-electron chi connectivity index (χ3n) is 5.16. The van der Waals surface area contributed by atoms with Gasteiger partial charge >= 0.3 is 5.97 Å². The Morgan fingerprint density at radius 2 is 1.88 bits per heavy atom. The zero-order valence-corrected chi connectivity index (χ0v) is 21.1. The van der Waals surface area contributed by atoms with E-state index in [1.807, 2.05) is 37.3 Å². The molecule has 1 saturated heterocycles. The molecule has 3 rings (SSSR count). The molecule has 0 aliphatic carbocycles. The molecule has 0 amide bonds. The number of hydrogen-bond donors (Lipinski definition) is 1. The van der Waals surface area contributed by atoms with Crippen molar-refractivity contribution in [2.24, 2.45) is 0 Å². The summed E-state index contributed by atoms with van der Waals surface area (Å²) in [5.41, 5.74) is 2.25. The second-order valence-corrected chi connectivity index (χ2v) is 10.2. The molecular weight excluding hydrogens is 497 g/mol. The van der Waals surface area contributed by atoms with Gasteiger partial charge < -0.3 is 10.0 Å². The van der Waals surface area contributed by atoms with Crippen molar-refractivity contribution >= 4 is 75.4 Å². The predicted octanol–water partition coefficient (Wildman–Crippen LogP) is 7.21. The van der Waals surface area contributed by atoms with Crippen LogP contribution in [0.2, 0.25) is 10.0 Å². The fourth-order valence-electron chi connectivity index (χ4n) is 3.40. The SMILES string of the molecule is CCCCC(C(=O)O)N1C/C(=C/c2ccc(/C=C/C(=O)c3ccc(Cl)cc3Cl)cc2)SC1=S. The van der Waals surface area contributed by atoms with E-state index in [-0.39, 0.29) is 5.78 Å². The van der Waals surface area contributed by atoms with Crippen LogP contribution in [-0.4, -0.2) is 38.7 Å². The molecule has 1 fully saturated rings. The first-order chi connectivity index (χ1) is 15.8. The average molecular weight is 521 g/mol. The van der Waals surface area contributed by atoms with E-state index in [1.165, 1.54) is 17.8 Å². The van der Waals surface area contributed by atoms with Crippen molar-refractivity contribution in [1.82, 2.24) is 4.90 Å². The highest BCUT2D eigenvalue weighted by Gasteiger charge is 2.32. The first-order valence-electron chi connectivity index (χ1n) is 10.5. The van der Waals surface area contributed by atoms with Crippen molar-refractivity contribution in [3.8, 4) is 0 Å². The predicted molar refractivity (Wildman–Crippen MR) is 142 cm³/mol. The molecule has 0 saturated carbocycles. The molecule has 172 valence electrons. The Morgan fingerprint density at radius 3 is 2.52 bits per heavy atom. The molecule has 33 heavy (non-hydrogen) atoms. The number of carbonyl (C=O) groups excluding carboxylic acids is 1. The van der Waals surface area contributed by atoms with Gasteiger partial charge in [0, 0.05) is 15.5 Å². The standard InChI is InChI=1S/C25H23Cl2NO3S2/c1-2-3-4-22(24(30)31)28-15-19(33-25(28)32)13-17-7-5-16(6-8-17)9-12-23(29)20-11-10-18(26)14-21(20)27/h5-14,22H,2-4,15H2,1H3,(H,30,31)/b12-9+,19-13-. The Bertz CT molecular complexity index is 1110. The normalized spacial score (nSPS) is 16.0. The number of ketones is 1. The maximum absolute atomic E-state index is 12.4. The molecular formula is C25H23Cl2NO3S2. The fraction of sp³-hybridized carbons (Fsp3) is 0.240. The van der Waals surface area contributed by atoms with Gasteiger partial charge in [0.25, 0.3) is 0 Å². The van der Waals surface area contributed by atoms with Crippen LogP contribution in [0.4, 0.5) is 0 Å². The van der Waals surface area contributed by atoms with Crippen molar-refractivity contribution in [3.05, 3.63) is 80.2 Å². The van der Waals surface area contributed by atoms with Crippen molar-refractivity contribution in [2.45, 2.75) is 32.2 Å². The minimum atomic E-state index is -0.835. The van der Waals surface area contributed by atoms with Crippen LogP contribution >= 0.6 is 47.2 Å². The lowest BCUT2D eigenvalue weighted by molar-refractivity contribution is -0.141. The zero-order chi connectivity index (χ0) is 24.0. The molecule has 0 spiro atoms. The molecule has 0 radical (unpaired) electrons. The number of hydrogen-bond acceptors (Lipinski definition) is 4. The lowest BCUT2D eigenvalue weighted by Crippen LogP contribution is -2.41. The van der Waals surface area contributed by atoms with Gasteiger partial charge in [0.1, 0.15) is 10.4 Å². The molecule has 1 aliphatic heterocycles. The first kappa shape index (κ1) is 25.5. The Hall–Kier alpha value is -2.12. The van der Waals surface area contributed by atoms with Gasteiger partial charge in [0.05, 0.1) is 11.6 Å². The number of halogens is 2. The van der Waals surface area contributed by atoms with E-state index in [4.69, 9.17) is 35.4 Å². The number of aliphatic carboxylic acids is 1. The summed E-state index contributed by atoms with van der Waals surface area (Å²) in [5, 5.41) is 10.4. The van der Waals surface area contributed by atoms with Crippen LogP contribution in [0, 0.1) is 0 Å². The van der Waals surface area contributed by atoms with Crippen molar-refractivity contribution in [2.75, 3.05) is 6.54 Å². The molecule has 1 atom stereocenters. The summed E-state index contributed by atoms with van der Waals surface area (Å²) < 4.78 is 0.601. The number of unbranched alkanes of at least 4 members (excludes halogenated alkanes) is 1. The number of rotatable bonds is 9. The summed E-state index contributed by atoms with van der Waals surface area (Å²) in [5.74, 6) is -1.03. The lowest BCUT2D eigenvalue weighted by atomic mass is 10.1. The van der Waals surface area contributed by atoms with E-state index in [2.05, 4.69) is 0 Å². The average Bonchev–Trinajstić information content (AvgIpc) is 3.12. The number of allylic oxidation sites excluding steroid dienone is 1. The minimum absolute atomic E-state index is 0.199. The number of nitrogens with zero attached hydrogens (tertiary/aromatic N) is 1. The van der Waals surface area contributed by atoms with Gasteiger partial charge in [-0.3, -0.25) is 4.79 Å². The highest BCUT2D eigenvalue weighted by Crippen LogP contribution is 2.33. The Morgan fingerprint density at radius 1 is 1.18 bits per heavy atom. The number of carbonyl (C=O) groups is 2. The summed E-state index contributed by atoms with van der Waals surface area (Å²) >= 11 is 18.9. The number of thiocarbonyl (C=S) groups is 1. The molecule has 1 heterocycles. The van der Waals surface area contributed by atoms with E-state index in [0.29, 0.717) is 32.9 Å². The molecule has 0 bridgehead atoms. The van der Waals surface area contributed by atoms with Crippen molar-refractivity contribution < 1.29 is 14.7 Å². The largest absolute Gasteiger partial charge is 0.480 e. The molecule has 1 N–H and O–H groups in total. The first-order valence-corrected chi connectivity index (χ1v) is 12.5. The van der Waals surface area contributed by atoms with Crippen molar-refractivity contribution in [3.63, 3.8) is 0 Å². The van der Waals surface area contributed by atoms with Gasteiger partial charge in [-0.2, -0.15) is 0 Å². The van der Waals surface area contributed by atoms with Crippen LogP contribution in [0.1, 0.15) is 47.7 Å². The topological polar surface area (TPSA) is 57.6 Å². The molecule has 2 aromatic rings. The van der Waals surface area contributed by atoms with E-state index in [9.17, 15) is 14.7 Å². The third kappa shape index (κ3) is 6.93. The van der Waals surface area contributed by atoms with E-state index < -0.39 is 12.0 Å². The van der Waals surface area contributed by atoms with Crippen LogP contribution in [-0.2, 0) is 4.79 Å². The summed E-state index contributed by atoms with van der Waals surface area (Å²) in [4.78, 5) is 26.9. The van der Waals surface area contributed by atoms with Crippen LogP contribution in [0.25, 0.3) is 12.2 Å². The van der Waals surface area contributed by atoms with Crippen LogP contribution in [0.3, 0.4) is 0 Å². The quantitative estimate of drug-likeness (QED) is 0.214. The van der Waals surface area contributed by atoms with Crippen LogP contribution in [0.15, 0.2) is 53.4 Å². The number of carboxylic acids is 1. The van der Waals surface area contributed by atoms with E-state index in [1.54, 1.807) is 29.2 Å². The Balaban J connectivity index is 1.66. The third-order valence-corrected chi connectivity index (χ3v) is 7.11. The molecule has 8 heteroatoms. The summed E-state index contributed by atoms with van der Waals surface area (Å²) in [6.45, 7) is 2.55. The summed E-state index contributed by atoms with van der Waals surface area (Å²) in [6, 6.07) is 11.9. The van der Waals surface area contributed by atoms with E-state index in [0.717, 1.165) is 28.9 Å². The van der Waals surface area contributed by atoms with E-state index >= 15 is 0 Å². The van der Waals surface area contributed by atoms with Gasteiger partial charge in [-0.05, 0) is 47.9 Å². The monoisotopic (exact) mass is 519 g/mol. The molecule has 1 unspecified atom stereocenters. The van der Waals surface area contributed by atoms with Crippen LogP contribution < -0.4 is 0 Å². The lowest BCUT2D eigenvalue weighted by Gasteiger charge is -2.24. The zero-order valence-electron chi connectivity index (χ0n) is 18.0. The second kappa shape index (κ2) is 11.8. The molecule has 2 aromatic carbocycles. The fourth-order valence-corrected chi connectivity index (χ4v) is 5.34. The molecule has 1 aliphatic rings. The van der Waals surface area contributed by atoms with Crippen LogP contribution in [0.5, 0.6) is 0 Å². The van der Waals surface area contributed by atoms with Crippen molar-refractivity contribution in [1.29, 1.82) is 0 Å². The van der Waals surface area contributed by atoms with Gasteiger partial charge in [-0.1, -0.05) is 97.3 Å². The summed E-state index contributed by atoms with van der Waals surface area (Å²) in [7, 11) is 0. The number of thioether (sulfide) groups is 1. The highest BCUT2D eigenvalue weighted by molar-refractivity contribution is 8.25. The minimum Gasteiger partial charge on any atom is -0.480 e. The van der Waals surface area contributed by atoms with Gasteiger partial charge in [-0.25, -0.2) is 4.79 Å². The number of carboxylic acid groups (broad SMARTS) is 1. The summed E-state index contributed by atoms with van der Waals surface area (Å²) in [6.07, 6.45) is 7.61.